The second-order valence-corrected chi connectivity index (χ2v) is 6.88. The first-order chi connectivity index (χ1) is 12.0. The standard InChI is InChI=1S/C21H32O4/c1-3-5-7-8-9-10-17(22)14-12-16-13-15-19(23)20(16)18(21(24)25)11-6-4-2/h6,11-12,14,16,18,20H,3-5,7-10,13,15H2,1-2H3,(H,24,25)/b11-6+,14-12+. The third-order valence-corrected chi connectivity index (χ3v) is 4.86. The number of carboxylic acids is 1. The summed E-state index contributed by atoms with van der Waals surface area (Å²) in [6, 6.07) is 0. The summed E-state index contributed by atoms with van der Waals surface area (Å²) in [5, 5.41) is 9.47. The Hall–Kier alpha value is -1.71. The van der Waals surface area contributed by atoms with Crippen LogP contribution in [0.15, 0.2) is 24.3 Å². The monoisotopic (exact) mass is 348 g/mol. The van der Waals surface area contributed by atoms with Crippen molar-refractivity contribution < 1.29 is 19.5 Å². The van der Waals surface area contributed by atoms with Crippen molar-refractivity contribution >= 4 is 17.5 Å². The molecule has 0 aromatic rings. The van der Waals surface area contributed by atoms with Crippen molar-refractivity contribution in [2.24, 2.45) is 17.8 Å². The lowest BCUT2D eigenvalue weighted by atomic mass is 9.82. The Morgan fingerprint density at radius 1 is 1.20 bits per heavy atom. The second-order valence-electron chi connectivity index (χ2n) is 6.88. The molecule has 0 radical (unpaired) electrons. The van der Waals surface area contributed by atoms with Gasteiger partial charge in [0.2, 0.25) is 0 Å². The fourth-order valence-electron chi connectivity index (χ4n) is 3.43. The van der Waals surface area contributed by atoms with Crippen LogP contribution in [0.1, 0.15) is 71.6 Å². The van der Waals surface area contributed by atoms with E-state index in [9.17, 15) is 19.5 Å². The maximum atomic E-state index is 12.2. The Balaban J connectivity index is 2.62. The van der Waals surface area contributed by atoms with E-state index in [1.165, 1.54) is 12.8 Å². The molecular formula is C21H32O4. The summed E-state index contributed by atoms with van der Waals surface area (Å²) in [6.45, 7) is 4.09. The first-order valence-corrected chi connectivity index (χ1v) is 9.64. The Labute approximate surface area is 151 Å². The summed E-state index contributed by atoms with van der Waals surface area (Å²) in [5.41, 5.74) is 0. The number of carboxylic acid groups (broad SMARTS) is 1. The number of carbonyl (C=O) groups excluding carboxylic acids is 2. The van der Waals surface area contributed by atoms with Crippen molar-refractivity contribution in [1.82, 2.24) is 0 Å². The SMILES string of the molecule is CC/C=C/C(C(=O)O)C1C(=O)CCC1/C=C/C(=O)CCCCCCC. The zero-order valence-corrected chi connectivity index (χ0v) is 15.6. The van der Waals surface area contributed by atoms with Crippen molar-refractivity contribution in [3.63, 3.8) is 0 Å². The number of rotatable bonds is 12. The molecular weight excluding hydrogens is 316 g/mol. The Morgan fingerprint density at radius 3 is 2.56 bits per heavy atom. The second kappa shape index (κ2) is 11.8. The van der Waals surface area contributed by atoms with Crippen LogP contribution in [0.5, 0.6) is 0 Å². The molecule has 0 amide bonds. The fourth-order valence-corrected chi connectivity index (χ4v) is 3.43. The lowest BCUT2D eigenvalue weighted by Gasteiger charge is -2.20. The van der Waals surface area contributed by atoms with Crippen LogP contribution in [-0.4, -0.2) is 22.6 Å². The maximum absolute atomic E-state index is 12.2. The highest BCUT2D eigenvalue weighted by Crippen LogP contribution is 2.36. The quantitative estimate of drug-likeness (QED) is 0.314. The number of unbranched alkanes of at least 4 members (excludes halogenated alkanes) is 4. The van der Waals surface area contributed by atoms with E-state index in [2.05, 4.69) is 6.92 Å². The van der Waals surface area contributed by atoms with E-state index >= 15 is 0 Å². The summed E-state index contributed by atoms with van der Waals surface area (Å²) >= 11 is 0. The highest BCUT2D eigenvalue weighted by Gasteiger charge is 2.41. The van der Waals surface area contributed by atoms with Crippen molar-refractivity contribution in [2.45, 2.75) is 71.6 Å². The summed E-state index contributed by atoms with van der Waals surface area (Å²) in [6.07, 6.45) is 14.6. The molecule has 3 atom stereocenters. The van der Waals surface area contributed by atoms with E-state index in [-0.39, 0.29) is 17.5 Å². The van der Waals surface area contributed by atoms with Crippen LogP contribution < -0.4 is 0 Å². The van der Waals surface area contributed by atoms with E-state index in [0.29, 0.717) is 19.3 Å². The van der Waals surface area contributed by atoms with Gasteiger partial charge in [-0.2, -0.15) is 0 Å². The van der Waals surface area contributed by atoms with Gasteiger partial charge in [0.05, 0.1) is 5.92 Å². The van der Waals surface area contributed by atoms with E-state index < -0.39 is 17.8 Å². The predicted octanol–water partition coefficient (Wildman–Crippen LogP) is 4.73. The number of hydrogen-bond donors (Lipinski definition) is 1. The topological polar surface area (TPSA) is 71.4 Å². The van der Waals surface area contributed by atoms with Gasteiger partial charge in [-0.15, -0.1) is 0 Å². The summed E-state index contributed by atoms with van der Waals surface area (Å²) in [4.78, 5) is 35.7. The minimum atomic E-state index is -0.967. The normalized spacial score (nSPS) is 22.1. The lowest BCUT2D eigenvalue weighted by Crippen LogP contribution is -2.29. The number of ketones is 2. The molecule has 0 aromatic heterocycles. The third-order valence-electron chi connectivity index (χ3n) is 4.86. The van der Waals surface area contributed by atoms with E-state index in [1.807, 2.05) is 6.92 Å². The molecule has 1 aliphatic carbocycles. The van der Waals surface area contributed by atoms with Gasteiger partial charge in [0.15, 0.2) is 5.78 Å². The molecule has 1 fully saturated rings. The predicted molar refractivity (Wildman–Crippen MR) is 99.3 cm³/mol. The van der Waals surface area contributed by atoms with Crippen molar-refractivity contribution in [2.75, 3.05) is 0 Å². The third kappa shape index (κ3) is 7.37. The number of carbonyl (C=O) groups is 3. The Kier molecular flexibility index (Phi) is 10.0. The molecule has 1 saturated carbocycles. The molecule has 0 bridgehead atoms. The first kappa shape index (κ1) is 21.3. The van der Waals surface area contributed by atoms with Crippen LogP contribution >= 0.6 is 0 Å². The number of Topliss-reactive ketones (excluding diaryl/α,β-unsaturated/α-hetero) is 1. The van der Waals surface area contributed by atoms with Gasteiger partial charge >= 0.3 is 5.97 Å². The van der Waals surface area contributed by atoms with Crippen LogP contribution in [0.3, 0.4) is 0 Å². The smallest absolute Gasteiger partial charge is 0.311 e. The molecule has 4 heteroatoms. The van der Waals surface area contributed by atoms with Gasteiger partial charge < -0.3 is 5.11 Å². The van der Waals surface area contributed by atoms with Gasteiger partial charge in [-0.05, 0) is 31.3 Å². The van der Waals surface area contributed by atoms with Crippen LogP contribution in [0.4, 0.5) is 0 Å². The number of allylic oxidation sites excluding steroid dienone is 3. The van der Waals surface area contributed by atoms with Gasteiger partial charge in [-0.1, -0.05) is 57.8 Å². The van der Waals surface area contributed by atoms with Crippen molar-refractivity contribution in [1.29, 1.82) is 0 Å². The van der Waals surface area contributed by atoms with Crippen LogP contribution in [-0.2, 0) is 14.4 Å². The van der Waals surface area contributed by atoms with E-state index in [0.717, 1.165) is 25.7 Å². The highest BCUT2D eigenvalue weighted by atomic mass is 16.4. The minimum Gasteiger partial charge on any atom is -0.481 e. The Morgan fingerprint density at radius 2 is 1.92 bits per heavy atom. The molecule has 4 nitrogen and oxygen atoms in total. The van der Waals surface area contributed by atoms with E-state index in [4.69, 9.17) is 0 Å². The molecule has 0 aliphatic heterocycles. The zero-order valence-electron chi connectivity index (χ0n) is 15.6. The molecule has 0 saturated heterocycles. The Bertz CT molecular complexity index is 504. The van der Waals surface area contributed by atoms with Crippen LogP contribution in [0, 0.1) is 17.8 Å². The average molecular weight is 348 g/mol. The van der Waals surface area contributed by atoms with Gasteiger partial charge in [-0.3, -0.25) is 14.4 Å². The zero-order chi connectivity index (χ0) is 18.7. The molecule has 25 heavy (non-hydrogen) atoms. The number of aliphatic carboxylic acids is 1. The van der Waals surface area contributed by atoms with Gasteiger partial charge in [0, 0.05) is 18.8 Å². The largest absolute Gasteiger partial charge is 0.481 e. The summed E-state index contributed by atoms with van der Waals surface area (Å²) < 4.78 is 0. The highest BCUT2D eigenvalue weighted by molar-refractivity contribution is 5.91. The summed E-state index contributed by atoms with van der Waals surface area (Å²) in [7, 11) is 0. The molecule has 1 N–H and O–H groups in total. The van der Waals surface area contributed by atoms with Gasteiger partial charge in [-0.25, -0.2) is 0 Å². The van der Waals surface area contributed by atoms with Crippen molar-refractivity contribution in [3.8, 4) is 0 Å². The minimum absolute atomic E-state index is 0.00480. The van der Waals surface area contributed by atoms with E-state index in [1.54, 1.807) is 24.3 Å². The average Bonchev–Trinajstić information content (AvgIpc) is 2.94. The molecule has 3 unspecified atom stereocenters. The molecule has 1 aliphatic rings. The van der Waals surface area contributed by atoms with Crippen molar-refractivity contribution in [3.05, 3.63) is 24.3 Å². The van der Waals surface area contributed by atoms with Crippen LogP contribution in [0.2, 0.25) is 0 Å². The molecule has 140 valence electrons. The molecule has 0 heterocycles. The first-order valence-electron chi connectivity index (χ1n) is 9.64. The maximum Gasteiger partial charge on any atom is 0.311 e. The number of hydrogen-bond acceptors (Lipinski definition) is 3. The molecule has 0 aromatic carbocycles. The lowest BCUT2D eigenvalue weighted by molar-refractivity contribution is -0.144. The van der Waals surface area contributed by atoms with Crippen LogP contribution in [0.25, 0.3) is 0 Å². The summed E-state index contributed by atoms with van der Waals surface area (Å²) in [5.74, 6) is -2.40. The van der Waals surface area contributed by atoms with Gasteiger partial charge in [0.1, 0.15) is 5.78 Å². The fraction of sp³-hybridized carbons (Fsp3) is 0.667. The van der Waals surface area contributed by atoms with Gasteiger partial charge in [0.25, 0.3) is 0 Å². The molecule has 1 rings (SSSR count). The molecule has 0 spiro atoms.